The zero-order chi connectivity index (χ0) is 10.2. The Morgan fingerprint density at radius 2 is 1.86 bits per heavy atom. The van der Waals surface area contributed by atoms with Gasteiger partial charge in [-0.1, -0.05) is 13.3 Å². The summed E-state index contributed by atoms with van der Waals surface area (Å²) in [5, 5.41) is 0. The summed E-state index contributed by atoms with van der Waals surface area (Å²) in [6, 6.07) is 0. The number of hydrogen-bond donors (Lipinski definition) is 0. The van der Waals surface area contributed by atoms with E-state index in [4.69, 9.17) is 4.74 Å². The van der Waals surface area contributed by atoms with Gasteiger partial charge in [0.2, 0.25) is 0 Å². The topological polar surface area (TPSA) is 12.5 Å². The van der Waals surface area contributed by atoms with Gasteiger partial charge in [-0.05, 0) is 33.2 Å². The number of piperidine rings is 1. The molecule has 0 radical (unpaired) electrons. The van der Waals surface area contributed by atoms with Crippen molar-refractivity contribution < 1.29 is 4.74 Å². The van der Waals surface area contributed by atoms with Crippen molar-refractivity contribution in [2.24, 2.45) is 0 Å². The number of nitrogens with zero attached hydrogens (tertiary/aromatic N) is 1. The van der Waals surface area contributed by atoms with Crippen molar-refractivity contribution in [3.63, 3.8) is 0 Å². The molecule has 0 aliphatic carbocycles. The molecule has 0 saturated carbocycles. The summed E-state index contributed by atoms with van der Waals surface area (Å²) in [6.45, 7) is 6.94. The Bertz CT molecular complexity index is 198. The average Bonchev–Trinajstić information content (AvgIpc) is 2.08. The van der Waals surface area contributed by atoms with Crippen LogP contribution >= 0.6 is 0 Å². The van der Waals surface area contributed by atoms with Gasteiger partial charge in [0.15, 0.2) is 0 Å². The quantitative estimate of drug-likeness (QED) is 0.674. The highest BCUT2D eigenvalue weighted by Crippen LogP contribution is 2.49. The molecule has 0 aromatic heterocycles. The SMILES string of the molecule is CCC[C@@]1(C)CC2(CCN(C)CC2)O1. The number of likely N-dealkylation sites (tertiary alicyclic amines) is 1. The molecule has 0 aromatic carbocycles. The van der Waals surface area contributed by atoms with E-state index in [-0.39, 0.29) is 11.2 Å². The summed E-state index contributed by atoms with van der Waals surface area (Å²) in [4.78, 5) is 2.41. The third kappa shape index (κ3) is 1.82. The Morgan fingerprint density at radius 1 is 1.29 bits per heavy atom. The third-order valence-corrected chi connectivity index (χ3v) is 3.84. The van der Waals surface area contributed by atoms with E-state index in [0.29, 0.717) is 0 Å². The summed E-state index contributed by atoms with van der Waals surface area (Å²) in [5.41, 5.74) is 0.487. The summed E-state index contributed by atoms with van der Waals surface area (Å²) in [5.74, 6) is 0. The standard InChI is InChI=1S/C12H23NO/c1-4-5-11(2)10-12(14-11)6-8-13(3)9-7-12/h4-10H2,1-3H3/t11-/m0/s1. The van der Waals surface area contributed by atoms with Crippen LogP contribution in [0.15, 0.2) is 0 Å². The van der Waals surface area contributed by atoms with Crippen LogP contribution in [0, 0.1) is 0 Å². The molecule has 2 nitrogen and oxygen atoms in total. The summed E-state index contributed by atoms with van der Waals surface area (Å²) >= 11 is 0. The minimum absolute atomic E-state index is 0.213. The molecule has 14 heavy (non-hydrogen) atoms. The van der Waals surface area contributed by atoms with E-state index in [2.05, 4.69) is 25.8 Å². The monoisotopic (exact) mass is 197 g/mol. The molecule has 82 valence electrons. The summed E-state index contributed by atoms with van der Waals surface area (Å²) < 4.78 is 6.22. The molecular weight excluding hydrogens is 174 g/mol. The van der Waals surface area contributed by atoms with Gasteiger partial charge in [-0.3, -0.25) is 0 Å². The lowest BCUT2D eigenvalue weighted by Gasteiger charge is -2.57. The average molecular weight is 197 g/mol. The number of ether oxygens (including phenoxy) is 1. The first-order chi connectivity index (χ1) is 6.58. The van der Waals surface area contributed by atoms with Crippen LogP contribution in [0.1, 0.15) is 46.0 Å². The zero-order valence-electron chi connectivity index (χ0n) is 9.81. The molecule has 2 fully saturated rings. The highest BCUT2D eigenvalue weighted by Gasteiger charge is 2.52. The van der Waals surface area contributed by atoms with Crippen molar-refractivity contribution in [3.05, 3.63) is 0 Å². The van der Waals surface area contributed by atoms with Gasteiger partial charge in [0, 0.05) is 19.5 Å². The molecule has 0 aromatic rings. The molecule has 1 atom stereocenters. The van der Waals surface area contributed by atoms with E-state index >= 15 is 0 Å². The van der Waals surface area contributed by atoms with Crippen molar-refractivity contribution in [3.8, 4) is 0 Å². The molecular formula is C12H23NO. The van der Waals surface area contributed by atoms with Gasteiger partial charge in [-0.2, -0.15) is 0 Å². The number of rotatable bonds is 2. The van der Waals surface area contributed by atoms with Crippen LogP contribution < -0.4 is 0 Å². The van der Waals surface area contributed by atoms with Gasteiger partial charge in [0.1, 0.15) is 0 Å². The van der Waals surface area contributed by atoms with Crippen LogP contribution in [-0.4, -0.2) is 36.2 Å². The second-order valence-corrected chi connectivity index (χ2v) is 5.47. The third-order valence-electron chi connectivity index (χ3n) is 3.84. The van der Waals surface area contributed by atoms with Gasteiger partial charge in [-0.25, -0.2) is 0 Å². The Morgan fingerprint density at radius 3 is 2.36 bits per heavy atom. The fourth-order valence-corrected chi connectivity index (χ4v) is 3.17. The molecule has 2 aliphatic rings. The van der Waals surface area contributed by atoms with E-state index in [1.54, 1.807) is 0 Å². The molecule has 0 amide bonds. The molecule has 2 aliphatic heterocycles. The summed E-state index contributed by atoms with van der Waals surface area (Å²) in [6.07, 6.45) is 6.24. The molecule has 2 saturated heterocycles. The van der Waals surface area contributed by atoms with Crippen LogP contribution in [0.25, 0.3) is 0 Å². The van der Waals surface area contributed by atoms with E-state index < -0.39 is 0 Å². The minimum atomic E-state index is 0.213. The lowest BCUT2D eigenvalue weighted by atomic mass is 9.73. The highest BCUT2D eigenvalue weighted by atomic mass is 16.6. The maximum atomic E-state index is 6.22. The lowest BCUT2D eigenvalue weighted by Crippen LogP contribution is -2.61. The molecule has 2 rings (SSSR count). The van der Waals surface area contributed by atoms with Crippen molar-refractivity contribution >= 4 is 0 Å². The largest absolute Gasteiger partial charge is 0.369 e. The lowest BCUT2D eigenvalue weighted by molar-refractivity contribution is -0.281. The fourth-order valence-electron chi connectivity index (χ4n) is 3.17. The Kier molecular flexibility index (Phi) is 2.61. The van der Waals surface area contributed by atoms with Crippen molar-refractivity contribution in [1.29, 1.82) is 0 Å². The highest BCUT2D eigenvalue weighted by molar-refractivity contribution is 5.03. The molecule has 0 N–H and O–H groups in total. The van der Waals surface area contributed by atoms with Gasteiger partial charge in [-0.15, -0.1) is 0 Å². The van der Waals surface area contributed by atoms with Crippen LogP contribution in [0.2, 0.25) is 0 Å². The smallest absolute Gasteiger partial charge is 0.0741 e. The van der Waals surface area contributed by atoms with Crippen molar-refractivity contribution in [1.82, 2.24) is 4.90 Å². The zero-order valence-corrected chi connectivity index (χ0v) is 9.81. The second kappa shape index (κ2) is 3.49. The minimum Gasteiger partial charge on any atom is -0.369 e. The normalized spacial score (nSPS) is 37.1. The summed E-state index contributed by atoms with van der Waals surface area (Å²) in [7, 11) is 2.21. The Balaban J connectivity index is 1.86. The van der Waals surface area contributed by atoms with Crippen molar-refractivity contribution in [2.75, 3.05) is 20.1 Å². The first-order valence-corrected chi connectivity index (χ1v) is 5.96. The molecule has 2 heterocycles. The molecule has 2 heteroatoms. The fraction of sp³-hybridized carbons (Fsp3) is 1.00. The predicted octanol–water partition coefficient (Wildman–Crippen LogP) is 2.43. The first kappa shape index (κ1) is 10.4. The van der Waals surface area contributed by atoms with Gasteiger partial charge in [0.25, 0.3) is 0 Å². The van der Waals surface area contributed by atoms with Crippen LogP contribution in [0.5, 0.6) is 0 Å². The van der Waals surface area contributed by atoms with Gasteiger partial charge < -0.3 is 9.64 Å². The molecule has 0 bridgehead atoms. The van der Waals surface area contributed by atoms with E-state index in [1.807, 2.05) is 0 Å². The van der Waals surface area contributed by atoms with Crippen LogP contribution in [0.3, 0.4) is 0 Å². The van der Waals surface area contributed by atoms with Crippen LogP contribution in [0.4, 0.5) is 0 Å². The van der Waals surface area contributed by atoms with Gasteiger partial charge in [0.05, 0.1) is 11.2 Å². The van der Waals surface area contributed by atoms with Gasteiger partial charge >= 0.3 is 0 Å². The van der Waals surface area contributed by atoms with E-state index in [9.17, 15) is 0 Å². The second-order valence-electron chi connectivity index (χ2n) is 5.47. The maximum absolute atomic E-state index is 6.22. The van der Waals surface area contributed by atoms with E-state index in [0.717, 1.165) is 0 Å². The maximum Gasteiger partial charge on any atom is 0.0741 e. The Labute approximate surface area is 87.6 Å². The molecule has 0 unspecified atom stereocenters. The predicted molar refractivity (Wildman–Crippen MR) is 58.5 cm³/mol. The van der Waals surface area contributed by atoms with Crippen molar-refractivity contribution in [2.45, 2.75) is 57.2 Å². The Hall–Kier alpha value is -0.0800. The van der Waals surface area contributed by atoms with Crippen LogP contribution in [-0.2, 0) is 4.74 Å². The number of hydrogen-bond acceptors (Lipinski definition) is 2. The molecule has 1 spiro atoms. The first-order valence-electron chi connectivity index (χ1n) is 5.96. The van der Waals surface area contributed by atoms with E-state index in [1.165, 1.54) is 45.2 Å².